The van der Waals surface area contributed by atoms with Crippen LogP contribution in [0.15, 0.2) is 0 Å². The molecule has 0 spiro atoms. The van der Waals surface area contributed by atoms with Gasteiger partial charge in [0.2, 0.25) is 0 Å². The molecular weight excluding hydrogens is 210 g/mol. The van der Waals surface area contributed by atoms with Gasteiger partial charge in [-0.15, -0.1) is 0 Å². The topological polar surface area (TPSA) is 46.2 Å². The van der Waals surface area contributed by atoms with E-state index in [2.05, 4.69) is 5.32 Å². The van der Waals surface area contributed by atoms with Gasteiger partial charge in [0.25, 0.3) is 0 Å². The lowest BCUT2D eigenvalue weighted by atomic mass is 10.1. The van der Waals surface area contributed by atoms with Crippen molar-refractivity contribution in [2.75, 3.05) is 12.8 Å². The van der Waals surface area contributed by atoms with Crippen molar-refractivity contribution in [3.8, 4) is 0 Å². The molecule has 0 aromatic heterocycles. The van der Waals surface area contributed by atoms with Gasteiger partial charge in [-0.3, -0.25) is 0 Å². The zero-order valence-corrected chi connectivity index (χ0v) is 10.6. The minimum atomic E-state index is -2.88. The summed E-state index contributed by atoms with van der Waals surface area (Å²) >= 11 is 0. The molecule has 0 aromatic carbocycles. The Labute approximate surface area is 93.6 Å². The Morgan fingerprint density at radius 3 is 2.47 bits per heavy atom. The van der Waals surface area contributed by atoms with E-state index < -0.39 is 9.84 Å². The molecule has 0 heterocycles. The van der Waals surface area contributed by atoms with Crippen LogP contribution in [0.5, 0.6) is 0 Å². The van der Waals surface area contributed by atoms with Crippen LogP contribution in [0.1, 0.15) is 45.4 Å². The lowest BCUT2D eigenvalue weighted by molar-refractivity contribution is 0.480. The predicted octanol–water partition coefficient (Wildman–Crippen LogP) is 1.73. The summed E-state index contributed by atoms with van der Waals surface area (Å²) in [5, 5.41) is 3.03. The molecule has 1 N–H and O–H groups in total. The van der Waals surface area contributed by atoms with E-state index in [1.807, 2.05) is 14.0 Å². The second-order valence-electron chi connectivity index (χ2n) is 4.44. The van der Waals surface area contributed by atoms with Crippen LogP contribution >= 0.6 is 0 Å². The number of hydrogen-bond acceptors (Lipinski definition) is 3. The first-order valence-electron chi connectivity index (χ1n) is 6.00. The predicted molar refractivity (Wildman–Crippen MR) is 63.8 cm³/mol. The summed E-state index contributed by atoms with van der Waals surface area (Å²) in [6.45, 7) is 1.93. The summed E-state index contributed by atoms with van der Waals surface area (Å²) in [5.74, 6) is 0.343. The number of hydrogen-bond donors (Lipinski definition) is 1. The molecule has 1 aliphatic carbocycles. The first kappa shape index (κ1) is 13.0. The smallest absolute Gasteiger partial charge is 0.154 e. The van der Waals surface area contributed by atoms with E-state index in [4.69, 9.17) is 0 Å². The molecule has 2 atom stereocenters. The van der Waals surface area contributed by atoms with Crippen molar-refractivity contribution < 1.29 is 8.42 Å². The Kier molecular flexibility index (Phi) is 5.06. The minimum absolute atomic E-state index is 0.148. The minimum Gasteiger partial charge on any atom is -0.316 e. The lowest BCUT2D eigenvalue weighted by Gasteiger charge is -2.24. The van der Waals surface area contributed by atoms with Crippen LogP contribution in [0.4, 0.5) is 0 Å². The van der Waals surface area contributed by atoms with E-state index in [-0.39, 0.29) is 11.3 Å². The van der Waals surface area contributed by atoms with Crippen LogP contribution in [0.25, 0.3) is 0 Å². The Balaban J connectivity index is 2.78. The van der Waals surface area contributed by atoms with Gasteiger partial charge in [-0.25, -0.2) is 8.42 Å². The van der Waals surface area contributed by atoms with Gasteiger partial charge in [-0.1, -0.05) is 26.2 Å². The molecular formula is C11H23NO2S. The maximum Gasteiger partial charge on any atom is 0.154 e. The van der Waals surface area contributed by atoms with E-state index in [1.54, 1.807) is 0 Å². The summed E-state index contributed by atoms with van der Waals surface area (Å²) in [6.07, 6.45) is 5.97. The molecule has 2 unspecified atom stereocenters. The van der Waals surface area contributed by atoms with Crippen molar-refractivity contribution in [3.05, 3.63) is 0 Å². The van der Waals surface area contributed by atoms with Crippen molar-refractivity contribution in [2.24, 2.45) is 0 Å². The van der Waals surface area contributed by atoms with Crippen molar-refractivity contribution in [2.45, 2.75) is 56.7 Å². The molecule has 0 saturated heterocycles. The molecule has 4 heteroatoms. The highest BCUT2D eigenvalue weighted by molar-refractivity contribution is 7.92. The second-order valence-corrected chi connectivity index (χ2v) is 6.78. The van der Waals surface area contributed by atoms with E-state index >= 15 is 0 Å². The van der Waals surface area contributed by atoms with Crippen LogP contribution < -0.4 is 5.32 Å². The van der Waals surface area contributed by atoms with E-state index in [0.29, 0.717) is 5.75 Å². The molecule has 0 aliphatic heterocycles. The maximum atomic E-state index is 12.1. The fourth-order valence-corrected chi connectivity index (χ4v) is 4.64. The molecule has 0 bridgehead atoms. The number of sulfone groups is 1. The van der Waals surface area contributed by atoms with Crippen molar-refractivity contribution in [1.29, 1.82) is 0 Å². The summed E-state index contributed by atoms with van der Waals surface area (Å²) < 4.78 is 24.1. The van der Waals surface area contributed by atoms with E-state index in [1.165, 1.54) is 6.42 Å². The Hall–Kier alpha value is -0.0900. The third-order valence-corrected chi connectivity index (χ3v) is 5.74. The standard InChI is InChI=1S/C11H23NO2S/c1-3-9-15(13,14)11-8-6-4-5-7-10(11)12-2/h10-12H,3-9H2,1-2H3. The SMILES string of the molecule is CCCS(=O)(=O)C1CCCCCC1NC. The lowest BCUT2D eigenvalue weighted by Crippen LogP contribution is -2.42. The molecule has 90 valence electrons. The highest BCUT2D eigenvalue weighted by atomic mass is 32.2. The van der Waals surface area contributed by atoms with Gasteiger partial charge >= 0.3 is 0 Å². The highest BCUT2D eigenvalue weighted by Gasteiger charge is 2.32. The quantitative estimate of drug-likeness (QED) is 0.752. The van der Waals surface area contributed by atoms with E-state index in [0.717, 1.165) is 32.1 Å². The monoisotopic (exact) mass is 233 g/mol. The Bertz CT molecular complexity index is 274. The normalized spacial score (nSPS) is 28.7. The third-order valence-electron chi connectivity index (χ3n) is 3.27. The summed E-state index contributed by atoms with van der Waals surface area (Å²) in [5.41, 5.74) is 0. The largest absolute Gasteiger partial charge is 0.316 e. The average Bonchev–Trinajstić information content (AvgIpc) is 2.42. The van der Waals surface area contributed by atoms with Crippen LogP contribution in [-0.2, 0) is 9.84 Å². The third kappa shape index (κ3) is 3.45. The van der Waals surface area contributed by atoms with Gasteiger partial charge in [-0.2, -0.15) is 0 Å². The summed E-state index contributed by atoms with van der Waals surface area (Å²) in [4.78, 5) is 0. The van der Waals surface area contributed by atoms with Gasteiger partial charge < -0.3 is 5.32 Å². The molecule has 3 nitrogen and oxygen atoms in total. The van der Waals surface area contributed by atoms with Crippen LogP contribution in [0.3, 0.4) is 0 Å². The number of nitrogens with one attached hydrogen (secondary N) is 1. The average molecular weight is 233 g/mol. The zero-order chi connectivity index (χ0) is 11.3. The van der Waals surface area contributed by atoms with Gasteiger partial charge in [0, 0.05) is 6.04 Å². The van der Waals surface area contributed by atoms with E-state index in [9.17, 15) is 8.42 Å². The van der Waals surface area contributed by atoms with Gasteiger partial charge in [-0.05, 0) is 26.3 Å². The van der Waals surface area contributed by atoms with Crippen molar-refractivity contribution >= 4 is 9.84 Å². The molecule has 15 heavy (non-hydrogen) atoms. The first-order valence-corrected chi connectivity index (χ1v) is 7.72. The molecule has 1 saturated carbocycles. The fraction of sp³-hybridized carbons (Fsp3) is 1.00. The zero-order valence-electron chi connectivity index (χ0n) is 9.83. The van der Waals surface area contributed by atoms with Gasteiger partial charge in [0.15, 0.2) is 9.84 Å². The molecule has 1 rings (SSSR count). The molecule has 0 amide bonds. The van der Waals surface area contributed by atoms with Crippen LogP contribution in [0.2, 0.25) is 0 Å². The van der Waals surface area contributed by atoms with Gasteiger partial charge in [0.1, 0.15) is 0 Å². The Morgan fingerprint density at radius 2 is 1.87 bits per heavy atom. The molecule has 0 radical (unpaired) electrons. The van der Waals surface area contributed by atoms with Gasteiger partial charge in [0.05, 0.1) is 11.0 Å². The maximum absolute atomic E-state index is 12.1. The molecule has 1 fully saturated rings. The fourth-order valence-electron chi connectivity index (χ4n) is 2.47. The summed E-state index contributed by atoms with van der Waals surface area (Å²) in [6, 6.07) is 0.170. The van der Waals surface area contributed by atoms with Crippen molar-refractivity contribution in [3.63, 3.8) is 0 Å². The second kappa shape index (κ2) is 5.85. The van der Waals surface area contributed by atoms with Crippen LogP contribution in [0, 0.1) is 0 Å². The Morgan fingerprint density at radius 1 is 1.20 bits per heavy atom. The molecule has 0 aromatic rings. The highest BCUT2D eigenvalue weighted by Crippen LogP contribution is 2.24. The molecule has 1 aliphatic rings. The number of rotatable bonds is 4. The van der Waals surface area contributed by atoms with Crippen LogP contribution in [-0.4, -0.2) is 32.5 Å². The summed E-state index contributed by atoms with van der Waals surface area (Å²) in [7, 11) is -1.00. The van der Waals surface area contributed by atoms with Crippen molar-refractivity contribution in [1.82, 2.24) is 5.32 Å². The first-order chi connectivity index (χ1) is 7.11.